The molecule has 0 radical (unpaired) electrons. The Morgan fingerprint density at radius 1 is 1.05 bits per heavy atom. The van der Waals surface area contributed by atoms with E-state index in [1.165, 1.54) is 0 Å². The van der Waals surface area contributed by atoms with Gasteiger partial charge in [-0.2, -0.15) is 5.26 Å². The maximum atomic E-state index is 9.58. The van der Waals surface area contributed by atoms with E-state index in [1.54, 1.807) is 30.5 Å². The van der Waals surface area contributed by atoms with Gasteiger partial charge in [-0.25, -0.2) is 4.98 Å². The minimum atomic E-state index is 0.131. The van der Waals surface area contributed by atoms with Gasteiger partial charge in [0.05, 0.1) is 11.6 Å². The Balaban J connectivity index is 2.38. The number of halogens is 1. The number of phenols is 1. The number of hydrogen-bond acceptors (Lipinski definition) is 3. The number of hydrogen-bond donors (Lipinski definition) is 1. The van der Waals surface area contributed by atoms with Crippen molar-refractivity contribution < 1.29 is 5.11 Å². The summed E-state index contributed by atoms with van der Waals surface area (Å²) in [4.78, 5) is 4.15. The summed E-state index contributed by atoms with van der Waals surface area (Å²) in [5.74, 6) is 0.131. The molecule has 0 atom stereocenters. The van der Waals surface area contributed by atoms with E-state index in [2.05, 4.69) is 11.1 Å². The van der Waals surface area contributed by atoms with Gasteiger partial charge in [0.1, 0.15) is 10.9 Å². The molecule has 0 unspecified atom stereocenters. The molecule has 0 aliphatic carbocycles. The molecule has 0 saturated carbocycles. The van der Waals surface area contributed by atoms with E-state index in [0.717, 1.165) is 16.5 Å². The fraction of sp³-hybridized carbons (Fsp3) is 0. The van der Waals surface area contributed by atoms with E-state index in [4.69, 9.17) is 11.6 Å². The summed E-state index contributed by atoms with van der Waals surface area (Å²) >= 11 is 6.07. The third kappa shape index (κ3) is 1.97. The molecule has 3 aromatic rings. The lowest BCUT2D eigenvalue weighted by molar-refractivity contribution is 0.476. The molecule has 1 heterocycles. The second-order valence-electron chi connectivity index (χ2n) is 4.35. The van der Waals surface area contributed by atoms with E-state index >= 15 is 0 Å². The van der Waals surface area contributed by atoms with Crippen LogP contribution in [0.15, 0.2) is 48.7 Å². The van der Waals surface area contributed by atoms with Crippen LogP contribution in [0.25, 0.3) is 21.9 Å². The molecule has 0 spiro atoms. The number of rotatable bonds is 1. The molecular formula is C16H9ClN2O. The number of aromatic hydroxyl groups is 1. The molecule has 96 valence electrons. The van der Waals surface area contributed by atoms with Crippen LogP contribution in [0.5, 0.6) is 5.75 Å². The van der Waals surface area contributed by atoms with Crippen molar-refractivity contribution in [3.63, 3.8) is 0 Å². The van der Waals surface area contributed by atoms with Gasteiger partial charge >= 0.3 is 0 Å². The number of nitrogens with zero attached hydrogens (tertiary/aromatic N) is 2. The number of fused-ring (bicyclic) bond motifs is 1. The van der Waals surface area contributed by atoms with Crippen LogP contribution < -0.4 is 0 Å². The zero-order chi connectivity index (χ0) is 14.1. The predicted molar refractivity (Wildman–Crippen MR) is 78.6 cm³/mol. The lowest BCUT2D eigenvalue weighted by Crippen LogP contribution is -1.89. The van der Waals surface area contributed by atoms with E-state index < -0.39 is 0 Å². The van der Waals surface area contributed by atoms with Crippen LogP contribution in [0, 0.1) is 11.3 Å². The second-order valence-corrected chi connectivity index (χ2v) is 4.71. The quantitative estimate of drug-likeness (QED) is 0.682. The first-order valence-corrected chi connectivity index (χ1v) is 6.35. The average Bonchev–Trinajstić information content (AvgIpc) is 2.48. The van der Waals surface area contributed by atoms with Crippen molar-refractivity contribution in [2.45, 2.75) is 0 Å². The molecule has 1 N–H and O–H groups in total. The van der Waals surface area contributed by atoms with Crippen molar-refractivity contribution in [1.82, 2.24) is 4.98 Å². The molecule has 0 saturated heterocycles. The third-order valence-electron chi connectivity index (χ3n) is 3.16. The van der Waals surface area contributed by atoms with Gasteiger partial charge in [0.15, 0.2) is 0 Å². The van der Waals surface area contributed by atoms with Crippen LogP contribution in [0.4, 0.5) is 0 Å². The van der Waals surface area contributed by atoms with E-state index in [0.29, 0.717) is 16.1 Å². The molecule has 3 rings (SSSR count). The van der Waals surface area contributed by atoms with Crippen LogP contribution in [0.1, 0.15) is 5.56 Å². The van der Waals surface area contributed by atoms with E-state index in [-0.39, 0.29) is 5.75 Å². The van der Waals surface area contributed by atoms with Crippen molar-refractivity contribution in [3.05, 3.63) is 59.4 Å². The minimum absolute atomic E-state index is 0.131. The van der Waals surface area contributed by atoms with Crippen molar-refractivity contribution >= 4 is 22.4 Å². The summed E-state index contributed by atoms with van der Waals surface area (Å²) in [6, 6.07) is 14.4. The normalized spacial score (nSPS) is 10.4. The van der Waals surface area contributed by atoms with Crippen molar-refractivity contribution in [2.24, 2.45) is 0 Å². The van der Waals surface area contributed by atoms with E-state index in [1.807, 2.05) is 18.2 Å². The molecule has 4 heteroatoms. The van der Waals surface area contributed by atoms with Gasteiger partial charge in [0.25, 0.3) is 0 Å². The van der Waals surface area contributed by atoms with Crippen molar-refractivity contribution in [2.75, 3.05) is 0 Å². The van der Waals surface area contributed by atoms with Crippen LogP contribution in [-0.4, -0.2) is 10.1 Å². The molecule has 0 aliphatic rings. The summed E-state index contributed by atoms with van der Waals surface area (Å²) in [5.41, 5.74) is 2.20. The molecule has 0 bridgehead atoms. The number of aromatic nitrogens is 1. The van der Waals surface area contributed by atoms with Gasteiger partial charge in [-0.1, -0.05) is 29.8 Å². The van der Waals surface area contributed by atoms with Crippen LogP contribution in [0.2, 0.25) is 5.15 Å². The monoisotopic (exact) mass is 280 g/mol. The van der Waals surface area contributed by atoms with Gasteiger partial charge < -0.3 is 5.11 Å². The maximum absolute atomic E-state index is 9.58. The third-order valence-corrected chi connectivity index (χ3v) is 3.46. The number of benzene rings is 2. The number of phenolic OH excluding ortho intramolecular Hbond substituents is 1. The second kappa shape index (κ2) is 4.84. The van der Waals surface area contributed by atoms with Gasteiger partial charge in [-0.3, -0.25) is 0 Å². The zero-order valence-electron chi connectivity index (χ0n) is 10.3. The van der Waals surface area contributed by atoms with Crippen LogP contribution in [-0.2, 0) is 0 Å². The average molecular weight is 281 g/mol. The Bertz CT molecular complexity index is 853. The fourth-order valence-corrected chi connectivity index (χ4v) is 2.43. The standard InChI is InChI=1S/C16H9ClN2O/c17-16-14-7-11(20)5-6-13(14)15(9-19-16)12-4-2-1-3-10(12)8-18/h1-7,9,20H. The topological polar surface area (TPSA) is 56.9 Å². The Hall–Kier alpha value is -2.57. The highest BCUT2D eigenvalue weighted by molar-refractivity contribution is 6.34. The molecule has 2 aromatic carbocycles. The lowest BCUT2D eigenvalue weighted by Gasteiger charge is -2.09. The Morgan fingerprint density at radius 2 is 1.85 bits per heavy atom. The minimum Gasteiger partial charge on any atom is -0.508 e. The SMILES string of the molecule is N#Cc1ccccc1-c1cnc(Cl)c2cc(O)ccc12. The summed E-state index contributed by atoms with van der Waals surface area (Å²) < 4.78 is 0. The molecule has 0 aliphatic heterocycles. The highest BCUT2D eigenvalue weighted by Crippen LogP contribution is 2.34. The highest BCUT2D eigenvalue weighted by atomic mass is 35.5. The lowest BCUT2D eigenvalue weighted by atomic mass is 9.97. The first-order chi connectivity index (χ1) is 9.70. The Kier molecular flexibility index (Phi) is 3.02. The summed E-state index contributed by atoms with van der Waals surface area (Å²) in [6.07, 6.45) is 1.65. The van der Waals surface area contributed by atoms with Gasteiger partial charge in [-0.15, -0.1) is 0 Å². The summed E-state index contributed by atoms with van der Waals surface area (Å²) in [7, 11) is 0. The van der Waals surface area contributed by atoms with Gasteiger partial charge in [0, 0.05) is 22.7 Å². The summed E-state index contributed by atoms with van der Waals surface area (Å²) in [6.45, 7) is 0. The number of pyridine rings is 1. The summed E-state index contributed by atoms with van der Waals surface area (Å²) in [5, 5.41) is 20.6. The fourth-order valence-electron chi connectivity index (χ4n) is 2.23. The smallest absolute Gasteiger partial charge is 0.137 e. The maximum Gasteiger partial charge on any atom is 0.137 e. The molecule has 0 fully saturated rings. The number of nitriles is 1. The molecule has 20 heavy (non-hydrogen) atoms. The first-order valence-electron chi connectivity index (χ1n) is 5.97. The molecular weight excluding hydrogens is 272 g/mol. The molecule has 3 nitrogen and oxygen atoms in total. The predicted octanol–water partition coefficient (Wildman–Crippen LogP) is 4.13. The van der Waals surface area contributed by atoms with E-state index in [9.17, 15) is 10.4 Å². The first kappa shape index (κ1) is 12.5. The van der Waals surface area contributed by atoms with Crippen LogP contribution in [0.3, 0.4) is 0 Å². The highest BCUT2D eigenvalue weighted by Gasteiger charge is 2.11. The zero-order valence-corrected chi connectivity index (χ0v) is 11.1. The van der Waals surface area contributed by atoms with Crippen molar-refractivity contribution in [3.8, 4) is 22.9 Å². The Morgan fingerprint density at radius 3 is 2.65 bits per heavy atom. The van der Waals surface area contributed by atoms with Gasteiger partial charge in [-0.05, 0) is 29.7 Å². The largest absolute Gasteiger partial charge is 0.508 e. The molecule has 1 aromatic heterocycles. The van der Waals surface area contributed by atoms with Gasteiger partial charge in [0.2, 0.25) is 0 Å². The molecule has 0 amide bonds. The van der Waals surface area contributed by atoms with Crippen LogP contribution >= 0.6 is 11.6 Å². The van der Waals surface area contributed by atoms with Crippen molar-refractivity contribution in [1.29, 1.82) is 5.26 Å². The Labute approximate surface area is 120 Å².